The van der Waals surface area contributed by atoms with E-state index in [2.05, 4.69) is 10.1 Å². The molecular weight excluding hydrogens is 357 g/mol. The molecule has 4 nitrogen and oxygen atoms in total. The van der Waals surface area contributed by atoms with Crippen molar-refractivity contribution in [1.29, 1.82) is 0 Å². The molecule has 2 heterocycles. The molecule has 0 unspecified atom stereocenters. The van der Waals surface area contributed by atoms with Crippen LogP contribution >= 0.6 is 23.2 Å². The van der Waals surface area contributed by atoms with Crippen molar-refractivity contribution in [3.63, 3.8) is 0 Å². The number of fused-ring (bicyclic) bond motifs is 1. The Morgan fingerprint density at radius 3 is 2.68 bits per heavy atom. The van der Waals surface area contributed by atoms with Crippen molar-refractivity contribution in [3.05, 3.63) is 90.4 Å². The van der Waals surface area contributed by atoms with Crippen LogP contribution in [0, 0.1) is 6.92 Å². The van der Waals surface area contributed by atoms with Gasteiger partial charge in [0.15, 0.2) is 0 Å². The minimum atomic E-state index is -0.164. The van der Waals surface area contributed by atoms with Crippen LogP contribution in [0.4, 0.5) is 0 Å². The Balaban J connectivity index is 1.82. The lowest BCUT2D eigenvalue weighted by Crippen LogP contribution is -2.19. The van der Waals surface area contributed by atoms with Gasteiger partial charge in [-0.3, -0.25) is 9.89 Å². The highest BCUT2D eigenvalue weighted by Gasteiger charge is 2.13. The van der Waals surface area contributed by atoms with Crippen molar-refractivity contribution in [3.8, 4) is 5.69 Å². The van der Waals surface area contributed by atoms with Crippen LogP contribution in [0.15, 0.2) is 57.9 Å². The first-order valence-electron chi connectivity index (χ1n) is 7.67. The number of aromatic nitrogens is 2. The van der Waals surface area contributed by atoms with Gasteiger partial charge in [0.05, 0.1) is 32.4 Å². The van der Waals surface area contributed by atoms with Crippen molar-refractivity contribution >= 4 is 35.4 Å². The summed E-state index contributed by atoms with van der Waals surface area (Å²) in [5.41, 5.74) is 2.53. The summed E-state index contributed by atoms with van der Waals surface area (Å²) in [5.74, 6) is 0. The highest BCUT2D eigenvalue weighted by atomic mass is 35.5. The molecule has 0 fully saturated rings. The van der Waals surface area contributed by atoms with E-state index in [1.165, 1.54) is 4.68 Å². The standard InChI is InChI=1S/C19H13Cl2N3O/c1-11-15(9-13-8-12-4-2-3-5-18(12)22-13)19(25)24(23-11)14-6-7-16(20)17(21)10-14/h2-10,23H,1H3/b13-9-. The number of nitrogens with one attached hydrogen (secondary N) is 1. The Labute approximate surface area is 153 Å². The number of rotatable bonds is 2. The molecule has 1 aliphatic rings. The summed E-state index contributed by atoms with van der Waals surface area (Å²) in [7, 11) is 0. The number of nitrogens with zero attached hydrogens (tertiary/aromatic N) is 2. The number of halogens is 2. The van der Waals surface area contributed by atoms with E-state index in [1.807, 2.05) is 37.3 Å². The summed E-state index contributed by atoms with van der Waals surface area (Å²) in [6, 6.07) is 12.9. The smallest absolute Gasteiger partial charge is 0.278 e. The van der Waals surface area contributed by atoms with Gasteiger partial charge in [0.25, 0.3) is 5.56 Å². The predicted octanol–water partition coefficient (Wildman–Crippen LogP) is 3.24. The zero-order chi connectivity index (χ0) is 17.6. The Morgan fingerprint density at radius 1 is 1.12 bits per heavy atom. The molecule has 0 saturated carbocycles. The molecule has 1 aliphatic heterocycles. The predicted molar refractivity (Wildman–Crippen MR) is 101 cm³/mol. The highest BCUT2D eigenvalue weighted by Crippen LogP contribution is 2.24. The maximum absolute atomic E-state index is 12.8. The fourth-order valence-corrected chi connectivity index (χ4v) is 3.09. The first-order valence-corrected chi connectivity index (χ1v) is 8.43. The third-order valence-corrected chi connectivity index (χ3v) is 4.80. The second kappa shape index (κ2) is 6.06. The minimum Gasteiger partial charge on any atom is -0.295 e. The lowest BCUT2D eigenvalue weighted by molar-refractivity contribution is 0.835. The summed E-state index contributed by atoms with van der Waals surface area (Å²) in [4.78, 5) is 17.3. The van der Waals surface area contributed by atoms with Crippen LogP contribution in [0.2, 0.25) is 10.0 Å². The molecule has 2 aromatic carbocycles. The van der Waals surface area contributed by atoms with Crippen molar-refractivity contribution in [2.24, 2.45) is 4.99 Å². The second-order valence-electron chi connectivity index (χ2n) is 5.77. The normalized spacial score (nSPS) is 14.3. The van der Waals surface area contributed by atoms with Crippen LogP contribution in [0.5, 0.6) is 0 Å². The average Bonchev–Trinajstić information content (AvgIpc) is 3.13. The summed E-state index contributed by atoms with van der Waals surface area (Å²) in [5, 5.41) is 5.87. The van der Waals surface area contributed by atoms with E-state index in [1.54, 1.807) is 24.3 Å². The average molecular weight is 370 g/mol. The zero-order valence-electron chi connectivity index (χ0n) is 13.3. The summed E-state index contributed by atoms with van der Waals surface area (Å²) < 4.78 is 1.45. The zero-order valence-corrected chi connectivity index (χ0v) is 14.8. The Kier molecular flexibility index (Phi) is 3.86. The summed E-state index contributed by atoms with van der Waals surface area (Å²) in [6.07, 6.45) is 3.76. The van der Waals surface area contributed by atoms with E-state index in [0.29, 0.717) is 21.3 Å². The molecule has 1 N–H and O–H groups in total. The first-order chi connectivity index (χ1) is 12.0. The molecule has 1 aromatic heterocycles. The number of allylic oxidation sites excluding steroid dienone is 1. The number of hydrogen-bond donors (Lipinski definition) is 1. The quantitative estimate of drug-likeness (QED) is 0.740. The van der Waals surface area contributed by atoms with Crippen molar-refractivity contribution in [2.75, 3.05) is 0 Å². The van der Waals surface area contributed by atoms with E-state index in [4.69, 9.17) is 23.2 Å². The van der Waals surface area contributed by atoms with Gasteiger partial charge in [-0.1, -0.05) is 41.4 Å². The van der Waals surface area contributed by atoms with Crippen LogP contribution in [0.3, 0.4) is 0 Å². The van der Waals surface area contributed by atoms with Crippen LogP contribution in [0.1, 0.15) is 11.3 Å². The van der Waals surface area contributed by atoms with Gasteiger partial charge in [-0.2, -0.15) is 0 Å². The van der Waals surface area contributed by atoms with Crippen molar-refractivity contribution < 1.29 is 0 Å². The van der Waals surface area contributed by atoms with Gasteiger partial charge in [-0.15, -0.1) is 0 Å². The monoisotopic (exact) mass is 369 g/mol. The number of H-pyrrole nitrogens is 1. The largest absolute Gasteiger partial charge is 0.295 e. The number of aryl methyl sites for hydroxylation is 1. The van der Waals surface area contributed by atoms with Crippen LogP contribution in [0.25, 0.3) is 17.8 Å². The fourth-order valence-electron chi connectivity index (χ4n) is 2.80. The molecule has 0 bridgehead atoms. The van der Waals surface area contributed by atoms with Crippen molar-refractivity contribution in [2.45, 2.75) is 6.92 Å². The Bertz CT molecular complexity index is 1170. The van der Waals surface area contributed by atoms with E-state index >= 15 is 0 Å². The fraction of sp³-hybridized carbons (Fsp3) is 0.0526. The van der Waals surface area contributed by atoms with Gasteiger partial charge >= 0.3 is 0 Å². The molecule has 25 heavy (non-hydrogen) atoms. The molecule has 0 atom stereocenters. The number of hydrogen-bond acceptors (Lipinski definition) is 2. The number of benzene rings is 2. The van der Waals surface area contributed by atoms with Crippen molar-refractivity contribution in [1.82, 2.24) is 9.78 Å². The molecule has 3 aromatic rings. The third kappa shape index (κ3) is 2.84. The van der Waals surface area contributed by atoms with Crippen LogP contribution in [-0.2, 0) is 0 Å². The molecule has 0 amide bonds. The summed E-state index contributed by atoms with van der Waals surface area (Å²) >= 11 is 12.0. The third-order valence-electron chi connectivity index (χ3n) is 4.06. The topological polar surface area (TPSA) is 50.1 Å². The Morgan fingerprint density at radius 2 is 1.92 bits per heavy atom. The van der Waals surface area contributed by atoms with Gasteiger partial charge in [0.1, 0.15) is 0 Å². The molecule has 0 spiro atoms. The molecule has 0 aliphatic carbocycles. The maximum atomic E-state index is 12.8. The van der Waals surface area contributed by atoms with E-state index in [0.717, 1.165) is 22.0 Å². The molecular formula is C19H13Cl2N3O. The Hall–Kier alpha value is -2.56. The van der Waals surface area contributed by atoms with Crippen LogP contribution < -0.4 is 16.1 Å². The minimum absolute atomic E-state index is 0.164. The first kappa shape index (κ1) is 15.9. The second-order valence-corrected chi connectivity index (χ2v) is 6.59. The maximum Gasteiger partial charge on any atom is 0.278 e. The molecule has 124 valence electrons. The van der Waals surface area contributed by atoms with Gasteiger partial charge < -0.3 is 0 Å². The lowest BCUT2D eigenvalue weighted by atomic mass is 10.2. The van der Waals surface area contributed by atoms with Gasteiger partial charge in [-0.25, -0.2) is 9.67 Å². The number of aromatic amines is 1. The van der Waals surface area contributed by atoms with Gasteiger partial charge in [0, 0.05) is 10.9 Å². The van der Waals surface area contributed by atoms with E-state index in [-0.39, 0.29) is 5.56 Å². The lowest BCUT2D eigenvalue weighted by Gasteiger charge is -2.03. The molecule has 6 heteroatoms. The number of para-hydroxylation sites is 1. The molecule has 4 rings (SSSR count). The highest BCUT2D eigenvalue weighted by molar-refractivity contribution is 6.42. The van der Waals surface area contributed by atoms with E-state index < -0.39 is 0 Å². The summed E-state index contributed by atoms with van der Waals surface area (Å²) in [6.45, 7) is 1.85. The molecule has 0 saturated heterocycles. The molecule has 0 radical (unpaired) electrons. The van der Waals surface area contributed by atoms with Gasteiger partial charge in [-0.05, 0) is 43.3 Å². The SMILES string of the molecule is Cc1[nH]n(-c2ccc(Cl)c(Cl)c2)c(=O)c1/C=C1/C=c2ccccc2=N1. The van der Waals surface area contributed by atoms with Gasteiger partial charge in [0.2, 0.25) is 0 Å². The van der Waals surface area contributed by atoms with Crippen LogP contribution in [-0.4, -0.2) is 9.78 Å². The van der Waals surface area contributed by atoms with E-state index in [9.17, 15) is 4.79 Å².